The molecule has 0 saturated carbocycles. The molecule has 4 N–H and O–H groups in total. The molecule has 2 aromatic heterocycles. The van der Waals surface area contributed by atoms with Crippen LogP contribution in [0.5, 0.6) is 0 Å². The summed E-state index contributed by atoms with van der Waals surface area (Å²) in [7, 11) is 0. The summed E-state index contributed by atoms with van der Waals surface area (Å²) < 4.78 is 0. The zero-order valence-electron chi connectivity index (χ0n) is 10.8. The van der Waals surface area contributed by atoms with Crippen molar-refractivity contribution in [3.8, 4) is 6.07 Å². The second-order valence-corrected chi connectivity index (χ2v) is 4.28. The largest absolute Gasteiger partial charge is 0.395 e. The van der Waals surface area contributed by atoms with Crippen LogP contribution in [0.2, 0.25) is 0 Å². The monoisotopic (exact) mass is 256 g/mol. The van der Waals surface area contributed by atoms with Crippen LogP contribution in [0.25, 0.3) is 0 Å². The van der Waals surface area contributed by atoms with Gasteiger partial charge in [0.25, 0.3) is 0 Å². The summed E-state index contributed by atoms with van der Waals surface area (Å²) in [5.74, 6) is 0.572. The smallest absolute Gasteiger partial charge is 0.150 e. The van der Waals surface area contributed by atoms with E-state index in [4.69, 9.17) is 11.0 Å². The maximum atomic E-state index is 8.87. The SMILES string of the molecule is Cc1[nH]ncc1CCCNc1nccc(C#N)c1N. The van der Waals surface area contributed by atoms with Crippen LogP contribution in [-0.4, -0.2) is 21.7 Å². The van der Waals surface area contributed by atoms with E-state index in [1.165, 1.54) is 5.56 Å². The Morgan fingerprint density at radius 1 is 1.53 bits per heavy atom. The number of nitrogen functional groups attached to an aromatic ring is 1. The van der Waals surface area contributed by atoms with Crippen LogP contribution in [-0.2, 0) is 6.42 Å². The number of nitrogens with two attached hydrogens (primary N) is 1. The normalized spacial score (nSPS) is 10.1. The van der Waals surface area contributed by atoms with Crippen LogP contribution in [0, 0.1) is 18.3 Å². The lowest BCUT2D eigenvalue weighted by Gasteiger charge is -2.08. The molecule has 0 aliphatic heterocycles. The van der Waals surface area contributed by atoms with E-state index in [2.05, 4.69) is 20.5 Å². The van der Waals surface area contributed by atoms with E-state index in [1.54, 1.807) is 12.3 Å². The number of rotatable bonds is 5. The first-order valence-electron chi connectivity index (χ1n) is 6.09. The molecular formula is C13H16N6. The molecule has 0 atom stereocenters. The van der Waals surface area contributed by atoms with Crippen molar-refractivity contribution in [1.82, 2.24) is 15.2 Å². The second kappa shape index (κ2) is 5.87. The fraction of sp³-hybridized carbons (Fsp3) is 0.308. The molecule has 0 spiro atoms. The molecule has 0 amide bonds. The Labute approximate surface area is 111 Å². The molecule has 2 heterocycles. The molecule has 0 aliphatic carbocycles. The first-order chi connectivity index (χ1) is 9.22. The van der Waals surface area contributed by atoms with Gasteiger partial charge in [-0.25, -0.2) is 4.98 Å². The Morgan fingerprint density at radius 2 is 2.37 bits per heavy atom. The number of nitriles is 1. The number of pyridine rings is 1. The number of hydrogen-bond donors (Lipinski definition) is 3. The number of anilines is 2. The molecule has 2 aromatic rings. The van der Waals surface area contributed by atoms with E-state index >= 15 is 0 Å². The highest BCUT2D eigenvalue weighted by atomic mass is 15.1. The van der Waals surface area contributed by atoms with Gasteiger partial charge in [0.2, 0.25) is 0 Å². The van der Waals surface area contributed by atoms with Crippen LogP contribution < -0.4 is 11.1 Å². The molecule has 0 fully saturated rings. The van der Waals surface area contributed by atoms with Crippen molar-refractivity contribution < 1.29 is 0 Å². The van der Waals surface area contributed by atoms with Crippen molar-refractivity contribution in [3.05, 3.63) is 35.3 Å². The topological polar surface area (TPSA) is 103 Å². The first-order valence-corrected chi connectivity index (χ1v) is 6.09. The maximum absolute atomic E-state index is 8.87. The van der Waals surface area contributed by atoms with Crippen molar-refractivity contribution in [2.24, 2.45) is 0 Å². The lowest BCUT2D eigenvalue weighted by atomic mass is 10.1. The molecule has 0 unspecified atom stereocenters. The average molecular weight is 256 g/mol. The zero-order valence-corrected chi connectivity index (χ0v) is 10.8. The third kappa shape index (κ3) is 3.01. The van der Waals surface area contributed by atoms with Crippen molar-refractivity contribution in [3.63, 3.8) is 0 Å². The van der Waals surface area contributed by atoms with Crippen molar-refractivity contribution in [2.75, 3.05) is 17.6 Å². The molecule has 98 valence electrons. The van der Waals surface area contributed by atoms with Crippen molar-refractivity contribution in [2.45, 2.75) is 19.8 Å². The minimum Gasteiger partial charge on any atom is -0.395 e. The number of nitrogens with one attached hydrogen (secondary N) is 2. The van der Waals surface area contributed by atoms with Crippen LogP contribution in [0.4, 0.5) is 11.5 Å². The van der Waals surface area contributed by atoms with Gasteiger partial charge in [-0.1, -0.05) is 0 Å². The molecule has 6 heteroatoms. The minimum absolute atomic E-state index is 0.407. The Kier molecular flexibility index (Phi) is 3.98. The summed E-state index contributed by atoms with van der Waals surface area (Å²) in [6.07, 6.45) is 5.31. The Morgan fingerprint density at radius 3 is 3.05 bits per heavy atom. The summed E-state index contributed by atoms with van der Waals surface area (Å²) in [5, 5.41) is 18.9. The van der Waals surface area contributed by atoms with E-state index in [1.807, 2.05) is 19.2 Å². The molecular weight excluding hydrogens is 240 g/mol. The van der Waals surface area contributed by atoms with Crippen LogP contribution in [0.15, 0.2) is 18.5 Å². The number of hydrogen-bond acceptors (Lipinski definition) is 5. The predicted molar refractivity (Wildman–Crippen MR) is 73.5 cm³/mol. The third-order valence-electron chi connectivity index (χ3n) is 2.96. The fourth-order valence-corrected chi connectivity index (χ4v) is 1.82. The molecule has 0 aromatic carbocycles. The van der Waals surface area contributed by atoms with E-state index in [0.29, 0.717) is 17.1 Å². The van der Waals surface area contributed by atoms with E-state index in [9.17, 15) is 0 Å². The van der Waals surface area contributed by atoms with Crippen LogP contribution >= 0.6 is 0 Å². The van der Waals surface area contributed by atoms with Gasteiger partial charge in [-0.2, -0.15) is 10.4 Å². The number of aryl methyl sites for hydroxylation is 2. The molecule has 0 radical (unpaired) electrons. The van der Waals surface area contributed by atoms with Gasteiger partial charge >= 0.3 is 0 Å². The maximum Gasteiger partial charge on any atom is 0.150 e. The van der Waals surface area contributed by atoms with Gasteiger partial charge in [-0.15, -0.1) is 0 Å². The van der Waals surface area contributed by atoms with E-state index < -0.39 is 0 Å². The highest BCUT2D eigenvalue weighted by Crippen LogP contribution is 2.18. The Balaban J connectivity index is 1.87. The van der Waals surface area contributed by atoms with Gasteiger partial charge in [-0.3, -0.25) is 5.10 Å². The number of aromatic nitrogens is 3. The average Bonchev–Trinajstić information content (AvgIpc) is 2.82. The van der Waals surface area contributed by atoms with E-state index in [-0.39, 0.29) is 0 Å². The number of aromatic amines is 1. The summed E-state index contributed by atoms with van der Waals surface area (Å²) >= 11 is 0. The Hall–Kier alpha value is -2.55. The van der Waals surface area contributed by atoms with E-state index in [0.717, 1.165) is 25.1 Å². The second-order valence-electron chi connectivity index (χ2n) is 4.28. The van der Waals surface area contributed by atoms with Gasteiger partial charge in [0.1, 0.15) is 6.07 Å². The Bertz CT molecular complexity index is 595. The molecule has 6 nitrogen and oxygen atoms in total. The molecule has 2 rings (SSSR count). The number of H-pyrrole nitrogens is 1. The van der Waals surface area contributed by atoms with Crippen molar-refractivity contribution >= 4 is 11.5 Å². The van der Waals surface area contributed by atoms with Gasteiger partial charge < -0.3 is 11.1 Å². The molecule has 0 aliphatic rings. The summed E-state index contributed by atoms with van der Waals surface area (Å²) in [5.41, 5.74) is 9.00. The van der Waals surface area contributed by atoms with Gasteiger partial charge in [0, 0.05) is 18.4 Å². The quantitative estimate of drug-likeness (QED) is 0.705. The lowest BCUT2D eigenvalue weighted by molar-refractivity contribution is 0.854. The highest BCUT2D eigenvalue weighted by molar-refractivity contribution is 5.68. The summed E-state index contributed by atoms with van der Waals surface area (Å²) in [6, 6.07) is 3.64. The number of nitrogens with zero attached hydrogens (tertiary/aromatic N) is 3. The first kappa shape index (κ1) is 12.9. The lowest BCUT2D eigenvalue weighted by Crippen LogP contribution is -2.08. The van der Waals surface area contributed by atoms with Gasteiger partial charge in [0.05, 0.1) is 17.4 Å². The molecule has 0 bridgehead atoms. The summed E-state index contributed by atoms with van der Waals surface area (Å²) in [6.45, 7) is 2.75. The third-order valence-corrected chi connectivity index (χ3v) is 2.96. The van der Waals surface area contributed by atoms with Crippen LogP contribution in [0.3, 0.4) is 0 Å². The van der Waals surface area contributed by atoms with Gasteiger partial charge in [0.15, 0.2) is 5.82 Å². The zero-order chi connectivity index (χ0) is 13.7. The van der Waals surface area contributed by atoms with Gasteiger partial charge in [-0.05, 0) is 31.4 Å². The molecule has 19 heavy (non-hydrogen) atoms. The molecule has 0 saturated heterocycles. The summed E-state index contributed by atoms with van der Waals surface area (Å²) in [4.78, 5) is 4.13. The standard InChI is InChI=1S/C13H16N6/c1-9-11(8-18-19-9)3-2-5-16-13-12(15)10(7-14)4-6-17-13/h4,6,8H,2-3,5,15H2,1H3,(H,16,17)(H,18,19). The van der Waals surface area contributed by atoms with Crippen LogP contribution in [0.1, 0.15) is 23.2 Å². The minimum atomic E-state index is 0.407. The van der Waals surface area contributed by atoms with Crippen molar-refractivity contribution in [1.29, 1.82) is 5.26 Å². The highest BCUT2D eigenvalue weighted by Gasteiger charge is 2.05. The fourth-order valence-electron chi connectivity index (χ4n) is 1.82. The predicted octanol–water partition coefficient (Wildman–Crippen LogP) is 1.61.